The smallest absolute Gasteiger partial charge is 0.268 e. The summed E-state index contributed by atoms with van der Waals surface area (Å²) in [5.74, 6) is 5.19. The lowest BCUT2D eigenvalue weighted by Crippen LogP contribution is -2.35. The number of likely N-dealkylation sites (N-methyl/N-ethyl adjacent to an activating group) is 1. The Kier molecular flexibility index (Phi) is 6.04. The van der Waals surface area contributed by atoms with E-state index in [0.717, 1.165) is 6.42 Å². The summed E-state index contributed by atoms with van der Waals surface area (Å²) in [4.78, 5) is 24.5. The van der Waals surface area contributed by atoms with E-state index in [1.807, 2.05) is 12.3 Å². The first-order chi connectivity index (χ1) is 9.06. The monoisotopic (exact) mass is 268 g/mol. The molecule has 1 heterocycles. The van der Waals surface area contributed by atoms with Crippen LogP contribution in [0, 0.1) is 0 Å². The lowest BCUT2D eigenvalue weighted by Gasteiger charge is -2.14. The van der Waals surface area contributed by atoms with Crippen molar-refractivity contribution in [3.63, 3.8) is 0 Å². The fourth-order valence-electron chi connectivity index (χ4n) is 1.55. The highest BCUT2D eigenvalue weighted by Crippen LogP contribution is 2.09. The topological polar surface area (TPSA) is 101 Å². The largest absolute Gasteiger partial charge is 0.467 e. The zero-order valence-electron chi connectivity index (χ0n) is 11.2. The minimum atomic E-state index is -0.404. The summed E-state index contributed by atoms with van der Waals surface area (Å²) < 4.78 is 5.23. The third kappa shape index (κ3) is 5.11. The second-order valence-electron chi connectivity index (χ2n) is 4.30. The van der Waals surface area contributed by atoms with Crippen molar-refractivity contribution in [1.29, 1.82) is 0 Å². The maximum absolute atomic E-state index is 11.5. The molecule has 4 N–H and O–H groups in total. The highest BCUT2D eigenvalue weighted by Gasteiger charge is 2.12. The van der Waals surface area contributed by atoms with E-state index in [9.17, 15) is 9.59 Å². The van der Waals surface area contributed by atoms with Gasteiger partial charge in [0.25, 0.3) is 5.91 Å². The van der Waals surface area contributed by atoms with Gasteiger partial charge in [0, 0.05) is 6.54 Å². The maximum atomic E-state index is 11.5. The van der Waals surface area contributed by atoms with Crippen molar-refractivity contribution >= 4 is 11.8 Å². The second kappa shape index (κ2) is 7.55. The van der Waals surface area contributed by atoms with E-state index in [1.165, 1.54) is 6.26 Å². The number of nitrogens with one attached hydrogen (secondary N) is 2. The SMILES string of the molecule is CCCNC(=O)CN(C)Cc1cc(C(=O)NN)co1. The fraction of sp³-hybridized carbons (Fsp3) is 0.500. The summed E-state index contributed by atoms with van der Waals surface area (Å²) >= 11 is 0. The lowest BCUT2D eigenvalue weighted by molar-refractivity contribution is -0.122. The van der Waals surface area contributed by atoms with E-state index < -0.39 is 5.91 Å². The van der Waals surface area contributed by atoms with Gasteiger partial charge in [-0.1, -0.05) is 6.92 Å². The number of hydrazine groups is 1. The van der Waals surface area contributed by atoms with Crippen molar-refractivity contribution in [2.24, 2.45) is 5.84 Å². The minimum Gasteiger partial charge on any atom is -0.467 e. The molecule has 0 aromatic carbocycles. The predicted molar refractivity (Wildman–Crippen MR) is 70.0 cm³/mol. The van der Waals surface area contributed by atoms with Crippen LogP contribution in [0.15, 0.2) is 16.7 Å². The molecular weight excluding hydrogens is 248 g/mol. The van der Waals surface area contributed by atoms with Gasteiger partial charge in [0.15, 0.2) is 0 Å². The Bertz CT molecular complexity index is 430. The predicted octanol–water partition coefficient (Wildman–Crippen LogP) is -0.159. The Morgan fingerprint density at radius 1 is 1.47 bits per heavy atom. The van der Waals surface area contributed by atoms with Gasteiger partial charge < -0.3 is 9.73 Å². The quantitative estimate of drug-likeness (QED) is 0.362. The number of hydrogen-bond acceptors (Lipinski definition) is 5. The van der Waals surface area contributed by atoms with Crippen molar-refractivity contribution < 1.29 is 14.0 Å². The van der Waals surface area contributed by atoms with Crippen LogP contribution >= 0.6 is 0 Å². The normalized spacial score (nSPS) is 10.5. The van der Waals surface area contributed by atoms with Gasteiger partial charge in [-0.2, -0.15) is 0 Å². The van der Waals surface area contributed by atoms with Gasteiger partial charge in [0.2, 0.25) is 5.91 Å². The van der Waals surface area contributed by atoms with Crippen molar-refractivity contribution in [3.05, 3.63) is 23.7 Å². The van der Waals surface area contributed by atoms with E-state index in [1.54, 1.807) is 18.0 Å². The first-order valence-electron chi connectivity index (χ1n) is 6.10. The molecule has 2 amide bonds. The first kappa shape index (κ1) is 15.2. The highest BCUT2D eigenvalue weighted by atomic mass is 16.3. The van der Waals surface area contributed by atoms with Crippen LogP contribution in [-0.2, 0) is 11.3 Å². The van der Waals surface area contributed by atoms with E-state index in [4.69, 9.17) is 10.3 Å². The molecule has 0 aliphatic heterocycles. The molecule has 1 aromatic heterocycles. The van der Waals surface area contributed by atoms with E-state index in [0.29, 0.717) is 24.4 Å². The van der Waals surface area contributed by atoms with Gasteiger partial charge in [-0.15, -0.1) is 0 Å². The zero-order valence-corrected chi connectivity index (χ0v) is 11.2. The summed E-state index contributed by atoms with van der Waals surface area (Å²) in [5.41, 5.74) is 2.39. The maximum Gasteiger partial charge on any atom is 0.268 e. The summed E-state index contributed by atoms with van der Waals surface area (Å²) in [6, 6.07) is 1.60. The molecule has 0 fully saturated rings. The summed E-state index contributed by atoms with van der Waals surface area (Å²) in [6.07, 6.45) is 2.24. The molecule has 0 bridgehead atoms. The highest BCUT2D eigenvalue weighted by molar-refractivity contribution is 5.93. The third-order valence-electron chi connectivity index (χ3n) is 2.46. The number of carbonyl (C=O) groups excluding carboxylic acids is 2. The van der Waals surface area contributed by atoms with Crippen molar-refractivity contribution in [2.75, 3.05) is 20.1 Å². The Morgan fingerprint density at radius 3 is 2.84 bits per heavy atom. The number of nitrogens with two attached hydrogens (primary N) is 1. The second-order valence-corrected chi connectivity index (χ2v) is 4.30. The van der Waals surface area contributed by atoms with Crippen molar-refractivity contribution in [3.8, 4) is 0 Å². The molecule has 7 nitrogen and oxygen atoms in total. The van der Waals surface area contributed by atoms with Gasteiger partial charge in [-0.3, -0.25) is 19.9 Å². The molecule has 7 heteroatoms. The van der Waals surface area contributed by atoms with Gasteiger partial charge >= 0.3 is 0 Å². The number of hydrogen-bond donors (Lipinski definition) is 3. The molecule has 0 aliphatic rings. The van der Waals surface area contributed by atoms with Crippen LogP contribution in [0.2, 0.25) is 0 Å². The summed E-state index contributed by atoms with van der Waals surface area (Å²) in [6.45, 7) is 3.39. The standard InChI is InChI=1S/C12H20N4O3/c1-3-4-14-11(17)7-16(2)6-10-5-9(8-19-10)12(18)15-13/h5,8H,3-4,6-7,13H2,1-2H3,(H,14,17)(H,15,18). The summed E-state index contributed by atoms with van der Waals surface area (Å²) in [7, 11) is 1.80. The molecule has 19 heavy (non-hydrogen) atoms. The minimum absolute atomic E-state index is 0.0316. The number of amides is 2. The molecule has 0 radical (unpaired) electrons. The molecular formula is C12H20N4O3. The van der Waals surface area contributed by atoms with E-state index in [2.05, 4.69) is 5.32 Å². The molecule has 1 rings (SSSR count). The van der Waals surface area contributed by atoms with Gasteiger partial charge in [0.05, 0.1) is 18.7 Å². The number of nitrogens with zero attached hydrogens (tertiary/aromatic N) is 1. The van der Waals surface area contributed by atoms with Crippen molar-refractivity contribution in [2.45, 2.75) is 19.9 Å². The van der Waals surface area contributed by atoms with Crippen LogP contribution in [0.5, 0.6) is 0 Å². The molecule has 0 saturated heterocycles. The zero-order chi connectivity index (χ0) is 14.3. The van der Waals surface area contributed by atoms with Crippen LogP contribution in [-0.4, -0.2) is 36.9 Å². The van der Waals surface area contributed by atoms with E-state index in [-0.39, 0.29) is 12.5 Å². The van der Waals surface area contributed by atoms with Crippen LogP contribution in [0.1, 0.15) is 29.5 Å². The first-order valence-corrected chi connectivity index (χ1v) is 6.10. The van der Waals surface area contributed by atoms with Gasteiger partial charge in [-0.25, -0.2) is 5.84 Å². The van der Waals surface area contributed by atoms with Crippen LogP contribution in [0.25, 0.3) is 0 Å². The fourth-order valence-corrected chi connectivity index (χ4v) is 1.55. The number of carbonyl (C=O) groups is 2. The molecule has 1 aromatic rings. The third-order valence-corrected chi connectivity index (χ3v) is 2.46. The van der Waals surface area contributed by atoms with Gasteiger partial charge in [0.1, 0.15) is 12.0 Å². The Morgan fingerprint density at radius 2 is 2.21 bits per heavy atom. The molecule has 106 valence electrons. The average Bonchev–Trinajstić information content (AvgIpc) is 2.83. The van der Waals surface area contributed by atoms with E-state index >= 15 is 0 Å². The number of furan rings is 1. The van der Waals surface area contributed by atoms with Crippen molar-refractivity contribution in [1.82, 2.24) is 15.6 Å². The Labute approximate surface area is 112 Å². The number of rotatable bonds is 7. The molecule has 0 spiro atoms. The lowest BCUT2D eigenvalue weighted by atomic mass is 10.3. The summed E-state index contributed by atoms with van der Waals surface area (Å²) in [5, 5.41) is 2.79. The molecule has 0 aliphatic carbocycles. The van der Waals surface area contributed by atoms with Crippen LogP contribution < -0.4 is 16.6 Å². The molecule has 0 saturated carbocycles. The average molecular weight is 268 g/mol. The van der Waals surface area contributed by atoms with Crippen LogP contribution in [0.3, 0.4) is 0 Å². The Hall–Kier alpha value is -1.86. The Balaban J connectivity index is 2.43. The number of nitrogen functional groups attached to an aromatic ring is 1. The van der Waals surface area contributed by atoms with Crippen LogP contribution in [0.4, 0.5) is 0 Å². The molecule has 0 unspecified atom stereocenters. The molecule has 0 atom stereocenters. The van der Waals surface area contributed by atoms with Gasteiger partial charge in [-0.05, 0) is 19.5 Å².